The van der Waals surface area contributed by atoms with Crippen LogP contribution in [-0.4, -0.2) is 84.7 Å². The summed E-state index contributed by atoms with van der Waals surface area (Å²) in [4.78, 5) is 79.5. The summed E-state index contributed by atoms with van der Waals surface area (Å²) in [5, 5.41) is 14.0. The molecule has 0 aromatic heterocycles. The van der Waals surface area contributed by atoms with E-state index in [2.05, 4.69) is 26.6 Å². The zero-order chi connectivity index (χ0) is 41.3. The second kappa shape index (κ2) is 22.9. The summed E-state index contributed by atoms with van der Waals surface area (Å²) in [5.74, 6) is -3.28. The molecule has 0 heterocycles. The second-order valence-corrected chi connectivity index (χ2v) is 16.3. The SMILES string of the molecule is CC[C@H](C)[C@H](NC(=O)C[C@H](N)[C@H](Cc1ccccc1)NC(=O)[C@@H](NC(=O)[C@H](CCC(C)C)NC(=O)OC(C)(C)C)C(C)C)C(=O)N[C@H](C(=O)OC)C(C)C. The third-order valence-electron chi connectivity index (χ3n) is 9.08. The fraction of sp³-hybridized carbons (Fsp3) is 0.700. The summed E-state index contributed by atoms with van der Waals surface area (Å²) in [5.41, 5.74) is 6.76. The fourth-order valence-corrected chi connectivity index (χ4v) is 5.62. The van der Waals surface area contributed by atoms with Gasteiger partial charge < -0.3 is 41.8 Å². The standard InChI is InChI=1S/C40H68N6O8/c1-13-26(8)34(37(50)46-33(25(6)7)38(51)53-12)44-31(47)22-28(41)30(21-27-17-15-14-16-18-27)42-36(49)32(24(4)5)45-35(48)29(20-19-23(2)3)43-39(52)54-40(9,10)11/h14-18,23-26,28-30,32-34H,13,19-22,41H2,1-12H3,(H,42,49)(H,43,52)(H,44,47)(H,45,48)(H,46,50)/t26-,28-,29-,30-,32-,33-,34-/m0/s1. The van der Waals surface area contributed by atoms with E-state index < -0.39 is 77.5 Å². The van der Waals surface area contributed by atoms with E-state index in [0.29, 0.717) is 19.3 Å². The molecule has 54 heavy (non-hydrogen) atoms. The van der Waals surface area contributed by atoms with Gasteiger partial charge in [-0.2, -0.15) is 0 Å². The van der Waals surface area contributed by atoms with Crippen LogP contribution in [-0.2, 0) is 39.9 Å². The molecule has 7 N–H and O–H groups in total. The van der Waals surface area contributed by atoms with E-state index in [1.54, 1.807) is 48.5 Å². The largest absolute Gasteiger partial charge is 0.467 e. The Kier molecular flexibility index (Phi) is 20.3. The number of benzene rings is 1. The summed E-state index contributed by atoms with van der Waals surface area (Å²) >= 11 is 0. The molecule has 0 bridgehead atoms. The Bertz CT molecular complexity index is 1360. The molecule has 14 nitrogen and oxygen atoms in total. The molecule has 306 valence electrons. The third kappa shape index (κ3) is 17.3. The van der Waals surface area contributed by atoms with E-state index >= 15 is 0 Å². The molecule has 0 spiro atoms. The number of esters is 1. The lowest BCUT2D eigenvalue weighted by molar-refractivity contribution is -0.147. The first-order chi connectivity index (χ1) is 25.1. The van der Waals surface area contributed by atoms with Gasteiger partial charge in [-0.1, -0.05) is 92.1 Å². The van der Waals surface area contributed by atoms with Gasteiger partial charge in [0.25, 0.3) is 0 Å². The number of amides is 5. The van der Waals surface area contributed by atoms with Gasteiger partial charge in [0.2, 0.25) is 23.6 Å². The molecule has 0 aliphatic carbocycles. The maximum atomic E-state index is 14.0. The van der Waals surface area contributed by atoms with Crippen LogP contribution < -0.4 is 32.3 Å². The predicted octanol–water partition coefficient (Wildman–Crippen LogP) is 3.75. The maximum Gasteiger partial charge on any atom is 0.408 e. The minimum Gasteiger partial charge on any atom is -0.467 e. The van der Waals surface area contributed by atoms with Crippen LogP contribution in [0.1, 0.15) is 107 Å². The molecule has 0 saturated carbocycles. The van der Waals surface area contributed by atoms with Gasteiger partial charge in [0.05, 0.1) is 7.11 Å². The predicted molar refractivity (Wildman–Crippen MR) is 209 cm³/mol. The van der Waals surface area contributed by atoms with Crippen molar-refractivity contribution in [3.05, 3.63) is 35.9 Å². The summed E-state index contributed by atoms with van der Waals surface area (Å²) in [7, 11) is 1.25. The number of hydrogen-bond acceptors (Lipinski definition) is 9. The molecule has 0 aliphatic rings. The quantitative estimate of drug-likeness (QED) is 0.101. The smallest absolute Gasteiger partial charge is 0.408 e. The molecule has 1 rings (SSSR count). The lowest BCUT2D eigenvalue weighted by atomic mass is 9.94. The average molecular weight is 761 g/mol. The Balaban J connectivity index is 3.27. The summed E-state index contributed by atoms with van der Waals surface area (Å²) < 4.78 is 10.3. The lowest BCUT2D eigenvalue weighted by Gasteiger charge is -2.31. The van der Waals surface area contributed by atoms with Crippen molar-refractivity contribution >= 4 is 35.7 Å². The average Bonchev–Trinajstić information content (AvgIpc) is 3.08. The van der Waals surface area contributed by atoms with Crippen molar-refractivity contribution in [2.24, 2.45) is 29.4 Å². The van der Waals surface area contributed by atoms with Crippen molar-refractivity contribution in [2.75, 3.05) is 7.11 Å². The van der Waals surface area contributed by atoms with Gasteiger partial charge in [-0.3, -0.25) is 19.2 Å². The van der Waals surface area contributed by atoms with E-state index in [9.17, 15) is 28.8 Å². The van der Waals surface area contributed by atoms with Crippen molar-refractivity contribution in [3.8, 4) is 0 Å². The van der Waals surface area contributed by atoms with Crippen LogP contribution in [0.5, 0.6) is 0 Å². The zero-order valence-corrected chi connectivity index (χ0v) is 34.5. The van der Waals surface area contributed by atoms with Gasteiger partial charge in [-0.05, 0) is 69.3 Å². The molecular formula is C40H68N6O8. The van der Waals surface area contributed by atoms with Crippen molar-refractivity contribution < 1.29 is 38.2 Å². The molecule has 0 saturated heterocycles. The summed E-state index contributed by atoms with van der Waals surface area (Å²) in [6.45, 7) is 20.0. The minimum absolute atomic E-state index is 0.238. The molecule has 5 amide bonds. The van der Waals surface area contributed by atoms with E-state index in [0.717, 1.165) is 5.56 Å². The van der Waals surface area contributed by atoms with Crippen molar-refractivity contribution in [3.63, 3.8) is 0 Å². The van der Waals surface area contributed by atoms with E-state index in [4.69, 9.17) is 15.2 Å². The Morgan fingerprint density at radius 3 is 1.78 bits per heavy atom. The van der Waals surface area contributed by atoms with Gasteiger partial charge >= 0.3 is 12.1 Å². The van der Waals surface area contributed by atoms with Crippen molar-refractivity contribution in [2.45, 2.75) is 150 Å². The van der Waals surface area contributed by atoms with Gasteiger partial charge in [-0.25, -0.2) is 9.59 Å². The molecule has 1 aromatic carbocycles. The number of nitrogens with two attached hydrogens (primary N) is 1. The van der Waals surface area contributed by atoms with Crippen LogP contribution in [0.2, 0.25) is 0 Å². The lowest BCUT2D eigenvalue weighted by Crippen LogP contribution is -2.60. The van der Waals surface area contributed by atoms with Gasteiger partial charge in [0, 0.05) is 18.5 Å². The molecule has 0 unspecified atom stereocenters. The van der Waals surface area contributed by atoms with Crippen LogP contribution in [0, 0.1) is 23.7 Å². The van der Waals surface area contributed by atoms with Gasteiger partial charge in [-0.15, -0.1) is 0 Å². The first-order valence-electron chi connectivity index (χ1n) is 19.2. The van der Waals surface area contributed by atoms with Gasteiger partial charge in [0.1, 0.15) is 29.8 Å². The number of carbonyl (C=O) groups is 6. The monoisotopic (exact) mass is 761 g/mol. The Hall–Kier alpha value is -4.20. The minimum atomic E-state index is -0.999. The molecular weight excluding hydrogens is 692 g/mol. The highest BCUT2D eigenvalue weighted by atomic mass is 16.6. The number of hydrogen-bond donors (Lipinski definition) is 6. The second-order valence-electron chi connectivity index (χ2n) is 16.3. The van der Waals surface area contributed by atoms with Crippen LogP contribution in [0.3, 0.4) is 0 Å². The molecule has 14 heteroatoms. The normalized spacial score (nSPS) is 15.6. The third-order valence-corrected chi connectivity index (χ3v) is 9.08. The first-order valence-corrected chi connectivity index (χ1v) is 19.2. The number of carbonyl (C=O) groups excluding carboxylic acids is 6. The van der Waals surface area contributed by atoms with Crippen LogP contribution in [0.25, 0.3) is 0 Å². The highest BCUT2D eigenvalue weighted by molar-refractivity contribution is 5.92. The topological polar surface area (TPSA) is 207 Å². The highest BCUT2D eigenvalue weighted by Gasteiger charge is 2.35. The van der Waals surface area contributed by atoms with Gasteiger partial charge in [0.15, 0.2) is 0 Å². The maximum absolute atomic E-state index is 14.0. The van der Waals surface area contributed by atoms with E-state index in [1.807, 2.05) is 58.0 Å². The molecule has 0 fully saturated rings. The summed E-state index contributed by atoms with van der Waals surface area (Å²) in [6, 6.07) is 3.88. The van der Waals surface area contributed by atoms with Crippen LogP contribution in [0.15, 0.2) is 30.3 Å². The number of methoxy groups -OCH3 is 1. The number of rotatable bonds is 21. The van der Waals surface area contributed by atoms with Crippen LogP contribution >= 0.6 is 0 Å². The first kappa shape index (κ1) is 47.8. The molecule has 1 aromatic rings. The number of alkyl carbamates (subject to hydrolysis) is 1. The van der Waals surface area contributed by atoms with E-state index in [-0.39, 0.29) is 36.5 Å². The Morgan fingerprint density at radius 2 is 1.28 bits per heavy atom. The van der Waals surface area contributed by atoms with Crippen molar-refractivity contribution in [1.29, 1.82) is 0 Å². The van der Waals surface area contributed by atoms with Crippen LogP contribution in [0.4, 0.5) is 4.79 Å². The zero-order valence-electron chi connectivity index (χ0n) is 34.5. The molecule has 0 radical (unpaired) electrons. The summed E-state index contributed by atoms with van der Waals surface area (Å²) in [6.07, 6.45) is 0.851. The molecule has 7 atom stereocenters. The van der Waals surface area contributed by atoms with E-state index in [1.165, 1.54) is 7.11 Å². The number of ether oxygens (including phenoxy) is 2. The Labute approximate surface area is 322 Å². The van der Waals surface area contributed by atoms with Crippen molar-refractivity contribution in [1.82, 2.24) is 26.6 Å². The fourth-order valence-electron chi connectivity index (χ4n) is 5.62. The molecule has 0 aliphatic heterocycles. The highest BCUT2D eigenvalue weighted by Crippen LogP contribution is 2.15. The number of nitrogens with one attached hydrogen (secondary N) is 5. The Morgan fingerprint density at radius 1 is 0.722 bits per heavy atom.